The molecule has 20 heavy (non-hydrogen) atoms. The molecule has 1 aliphatic carbocycles. The van der Waals surface area contributed by atoms with Crippen molar-refractivity contribution in [2.75, 3.05) is 19.6 Å². The van der Waals surface area contributed by atoms with Crippen molar-refractivity contribution in [1.82, 2.24) is 10.2 Å². The highest BCUT2D eigenvalue weighted by molar-refractivity contribution is 4.87. The molecule has 1 fully saturated rings. The number of hydrogen-bond acceptors (Lipinski definition) is 2. The second-order valence-electron chi connectivity index (χ2n) is 8.17. The third-order valence-electron chi connectivity index (χ3n) is 4.73. The van der Waals surface area contributed by atoms with Crippen molar-refractivity contribution >= 4 is 0 Å². The van der Waals surface area contributed by atoms with Crippen LogP contribution in [-0.4, -0.2) is 36.1 Å². The summed E-state index contributed by atoms with van der Waals surface area (Å²) < 4.78 is 0. The van der Waals surface area contributed by atoms with E-state index in [1.54, 1.807) is 0 Å². The molecule has 2 nitrogen and oxygen atoms in total. The first-order valence-electron chi connectivity index (χ1n) is 8.79. The minimum absolute atomic E-state index is 0.222. The number of hydrogen-bond donors (Lipinski definition) is 1. The van der Waals surface area contributed by atoms with Crippen LogP contribution >= 0.6 is 0 Å². The highest BCUT2D eigenvalue weighted by atomic mass is 15.2. The zero-order chi connectivity index (χ0) is 15.2. The molecule has 0 aromatic heterocycles. The van der Waals surface area contributed by atoms with Crippen molar-refractivity contribution < 1.29 is 0 Å². The van der Waals surface area contributed by atoms with Crippen LogP contribution in [0.25, 0.3) is 0 Å². The molecule has 0 bridgehead atoms. The summed E-state index contributed by atoms with van der Waals surface area (Å²) in [7, 11) is 0. The van der Waals surface area contributed by atoms with Crippen LogP contribution in [0, 0.1) is 5.41 Å². The Morgan fingerprint density at radius 2 is 1.65 bits per heavy atom. The van der Waals surface area contributed by atoms with E-state index in [2.05, 4.69) is 51.8 Å². The van der Waals surface area contributed by atoms with Crippen molar-refractivity contribution in [3.8, 4) is 0 Å². The molecule has 0 spiro atoms. The Morgan fingerprint density at radius 3 is 2.10 bits per heavy atom. The Bertz CT molecular complexity index is 263. The standard InChI is InChI=1S/C18H38N2/c1-7-13-18(6,14-19-17(3,4)5)15-20(8-2)16-11-9-10-12-16/h16,19H,7-15H2,1-6H3. The van der Waals surface area contributed by atoms with Gasteiger partial charge in [-0.15, -0.1) is 0 Å². The molecule has 0 aromatic carbocycles. The highest BCUT2D eigenvalue weighted by Gasteiger charge is 2.31. The van der Waals surface area contributed by atoms with Gasteiger partial charge in [0.05, 0.1) is 0 Å². The zero-order valence-electron chi connectivity index (χ0n) is 14.9. The van der Waals surface area contributed by atoms with E-state index in [0.29, 0.717) is 5.41 Å². The van der Waals surface area contributed by atoms with Gasteiger partial charge < -0.3 is 10.2 Å². The first kappa shape index (κ1) is 18.0. The van der Waals surface area contributed by atoms with Crippen molar-refractivity contribution in [3.05, 3.63) is 0 Å². The topological polar surface area (TPSA) is 15.3 Å². The summed E-state index contributed by atoms with van der Waals surface area (Å²) in [5.41, 5.74) is 0.625. The van der Waals surface area contributed by atoms with E-state index >= 15 is 0 Å². The van der Waals surface area contributed by atoms with Crippen LogP contribution in [-0.2, 0) is 0 Å². The van der Waals surface area contributed by atoms with E-state index < -0.39 is 0 Å². The van der Waals surface area contributed by atoms with Gasteiger partial charge in [-0.05, 0) is 52.0 Å². The normalized spacial score (nSPS) is 20.6. The Morgan fingerprint density at radius 1 is 1.05 bits per heavy atom. The third-order valence-corrected chi connectivity index (χ3v) is 4.73. The minimum atomic E-state index is 0.222. The van der Waals surface area contributed by atoms with Crippen LogP contribution in [0.4, 0.5) is 0 Å². The van der Waals surface area contributed by atoms with Crippen LogP contribution in [0.2, 0.25) is 0 Å². The molecule has 0 aromatic rings. The zero-order valence-corrected chi connectivity index (χ0v) is 14.9. The number of nitrogens with one attached hydrogen (secondary N) is 1. The molecule has 1 saturated carbocycles. The van der Waals surface area contributed by atoms with Crippen LogP contribution in [0.5, 0.6) is 0 Å². The van der Waals surface area contributed by atoms with Gasteiger partial charge in [-0.3, -0.25) is 0 Å². The maximum Gasteiger partial charge on any atom is 0.00967 e. The van der Waals surface area contributed by atoms with Gasteiger partial charge in [-0.1, -0.05) is 40.0 Å². The lowest BCUT2D eigenvalue weighted by molar-refractivity contribution is 0.110. The Hall–Kier alpha value is -0.0800. The fourth-order valence-electron chi connectivity index (χ4n) is 3.56. The van der Waals surface area contributed by atoms with Gasteiger partial charge >= 0.3 is 0 Å². The lowest BCUT2D eigenvalue weighted by atomic mass is 9.83. The van der Waals surface area contributed by atoms with Crippen LogP contribution in [0.15, 0.2) is 0 Å². The van der Waals surface area contributed by atoms with Crippen molar-refractivity contribution in [2.24, 2.45) is 5.41 Å². The van der Waals surface area contributed by atoms with Crippen LogP contribution in [0.1, 0.15) is 80.1 Å². The molecule has 1 atom stereocenters. The van der Waals surface area contributed by atoms with Crippen molar-refractivity contribution in [3.63, 3.8) is 0 Å². The van der Waals surface area contributed by atoms with Gasteiger partial charge in [0, 0.05) is 24.7 Å². The summed E-state index contributed by atoms with van der Waals surface area (Å²) in [4.78, 5) is 2.76. The summed E-state index contributed by atoms with van der Waals surface area (Å²) in [6.45, 7) is 17.5. The molecule has 0 radical (unpaired) electrons. The smallest absolute Gasteiger partial charge is 0.00967 e. The van der Waals surface area contributed by atoms with E-state index in [1.165, 1.54) is 51.6 Å². The lowest BCUT2D eigenvalue weighted by Gasteiger charge is -2.40. The molecule has 1 aliphatic rings. The molecule has 1 unspecified atom stereocenters. The summed E-state index contributed by atoms with van der Waals surface area (Å²) >= 11 is 0. The maximum atomic E-state index is 3.74. The summed E-state index contributed by atoms with van der Waals surface area (Å²) in [5.74, 6) is 0. The van der Waals surface area contributed by atoms with Gasteiger partial charge in [0.1, 0.15) is 0 Å². The van der Waals surface area contributed by atoms with E-state index in [-0.39, 0.29) is 5.54 Å². The molecule has 0 amide bonds. The van der Waals surface area contributed by atoms with Crippen LogP contribution < -0.4 is 5.32 Å². The van der Waals surface area contributed by atoms with Gasteiger partial charge in [0.2, 0.25) is 0 Å². The first-order valence-corrected chi connectivity index (χ1v) is 8.79. The SMILES string of the molecule is CCCC(C)(CNC(C)(C)C)CN(CC)C1CCCC1. The minimum Gasteiger partial charge on any atom is -0.311 e. The molecule has 1 rings (SSSR count). The van der Waals surface area contributed by atoms with Gasteiger partial charge in [-0.25, -0.2) is 0 Å². The Balaban J connectivity index is 2.62. The fourth-order valence-corrected chi connectivity index (χ4v) is 3.56. The molecule has 1 N–H and O–H groups in total. The van der Waals surface area contributed by atoms with Crippen molar-refractivity contribution in [2.45, 2.75) is 91.6 Å². The second kappa shape index (κ2) is 7.79. The van der Waals surface area contributed by atoms with Crippen molar-refractivity contribution in [1.29, 1.82) is 0 Å². The summed E-state index contributed by atoms with van der Waals surface area (Å²) in [6.07, 6.45) is 8.31. The predicted molar refractivity (Wildman–Crippen MR) is 90.3 cm³/mol. The number of rotatable bonds is 8. The maximum absolute atomic E-state index is 3.74. The molecule has 0 saturated heterocycles. The van der Waals surface area contributed by atoms with E-state index in [1.807, 2.05) is 0 Å². The number of nitrogens with zero attached hydrogens (tertiary/aromatic N) is 1. The second-order valence-corrected chi connectivity index (χ2v) is 8.17. The van der Waals surface area contributed by atoms with Gasteiger partial charge in [0.25, 0.3) is 0 Å². The van der Waals surface area contributed by atoms with Crippen LogP contribution in [0.3, 0.4) is 0 Å². The largest absolute Gasteiger partial charge is 0.311 e. The lowest BCUT2D eigenvalue weighted by Crippen LogP contribution is -2.49. The predicted octanol–water partition coefficient (Wildman–Crippen LogP) is 4.45. The average Bonchev–Trinajstić information content (AvgIpc) is 2.87. The average molecular weight is 283 g/mol. The quantitative estimate of drug-likeness (QED) is 0.708. The molecule has 0 heterocycles. The van der Waals surface area contributed by atoms with E-state index in [4.69, 9.17) is 0 Å². The van der Waals surface area contributed by atoms with E-state index in [0.717, 1.165) is 12.6 Å². The highest BCUT2D eigenvalue weighted by Crippen LogP contribution is 2.30. The van der Waals surface area contributed by atoms with Gasteiger partial charge in [0.15, 0.2) is 0 Å². The molecule has 0 aliphatic heterocycles. The molecule has 120 valence electrons. The molecular formula is C18H38N2. The summed E-state index contributed by atoms with van der Waals surface area (Å²) in [6, 6.07) is 0.853. The Labute approximate surface area is 127 Å². The van der Waals surface area contributed by atoms with E-state index in [9.17, 15) is 0 Å². The molecular weight excluding hydrogens is 244 g/mol. The summed E-state index contributed by atoms with van der Waals surface area (Å²) in [5, 5.41) is 3.74. The van der Waals surface area contributed by atoms with Gasteiger partial charge in [-0.2, -0.15) is 0 Å². The fraction of sp³-hybridized carbons (Fsp3) is 1.00. The molecule has 2 heteroatoms. The third kappa shape index (κ3) is 6.13. The first-order chi connectivity index (χ1) is 9.29. The monoisotopic (exact) mass is 282 g/mol. The Kier molecular flexibility index (Phi) is 7.00.